The highest BCUT2D eigenvalue weighted by Crippen LogP contribution is 2.42. The van der Waals surface area contributed by atoms with Gasteiger partial charge in [-0.05, 0) is 17.2 Å². The van der Waals surface area contributed by atoms with E-state index in [-0.39, 0.29) is 11.8 Å². The first kappa shape index (κ1) is 18.6. The number of methoxy groups -OCH3 is 1. The molecule has 29 heavy (non-hydrogen) atoms. The molecule has 2 atom stereocenters. The lowest BCUT2D eigenvalue weighted by Crippen LogP contribution is -2.24. The quantitative estimate of drug-likeness (QED) is 0.686. The van der Waals surface area contributed by atoms with Crippen LogP contribution in [0, 0.1) is 11.3 Å². The van der Waals surface area contributed by atoms with Gasteiger partial charge in [-0.1, -0.05) is 72.8 Å². The van der Waals surface area contributed by atoms with Crippen LogP contribution in [0.4, 0.5) is 0 Å². The second-order valence-corrected chi connectivity index (χ2v) is 6.85. The van der Waals surface area contributed by atoms with Crippen LogP contribution < -0.4 is 4.74 Å². The predicted octanol–water partition coefficient (Wildman–Crippen LogP) is 4.82. The number of hydrogen-bond donors (Lipinski definition) is 1. The van der Waals surface area contributed by atoms with Gasteiger partial charge in [0, 0.05) is 12.0 Å². The Bertz CT molecular complexity index is 1060. The molecule has 1 aliphatic heterocycles. The minimum absolute atomic E-state index is 0.0308. The lowest BCUT2D eigenvalue weighted by atomic mass is 9.96. The average Bonchev–Trinajstić information content (AvgIpc) is 3.22. The van der Waals surface area contributed by atoms with Crippen LogP contribution in [0.5, 0.6) is 11.5 Å². The number of rotatable bonds is 5. The van der Waals surface area contributed by atoms with Gasteiger partial charge in [-0.25, -0.2) is 0 Å². The number of hydrogen-bond acceptors (Lipinski definition) is 5. The number of hydrazone groups is 1. The number of nitrogens with zero attached hydrogens (tertiary/aromatic N) is 3. The first-order valence-corrected chi connectivity index (χ1v) is 9.44. The molecule has 1 heterocycles. The van der Waals surface area contributed by atoms with E-state index in [4.69, 9.17) is 9.84 Å². The third kappa shape index (κ3) is 3.53. The Morgan fingerprint density at radius 3 is 2.38 bits per heavy atom. The van der Waals surface area contributed by atoms with Gasteiger partial charge in [-0.3, -0.25) is 5.01 Å². The predicted molar refractivity (Wildman–Crippen MR) is 112 cm³/mol. The van der Waals surface area contributed by atoms with Crippen molar-refractivity contribution in [2.45, 2.75) is 18.5 Å². The Kier molecular flexibility index (Phi) is 5.17. The van der Waals surface area contributed by atoms with Gasteiger partial charge in [0.05, 0.1) is 24.9 Å². The molecule has 0 saturated heterocycles. The molecule has 4 rings (SSSR count). The van der Waals surface area contributed by atoms with Gasteiger partial charge in [0.1, 0.15) is 0 Å². The number of ether oxygens (including phenoxy) is 1. The van der Waals surface area contributed by atoms with Crippen LogP contribution in [0.1, 0.15) is 35.2 Å². The summed E-state index contributed by atoms with van der Waals surface area (Å²) in [6.45, 7) is 0. The maximum atomic E-state index is 10.6. The average molecular weight is 383 g/mol. The molecule has 0 spiro atoms. The number of benzene rings is 3. The van der Waals surface area contributed by atoms with E-state index in [9.17, 15) is 10.4 Å². The van der Waals surface area contributed by atoms with Gasteiger partial charge < -0.3 is 9.84 Å². The highest BCUT2D eigenvalue weighted by Gasteiger charge is 2.35. The molecule has 3 aromatic rings. The molecule has 1 aliphatic rings. The summed E-state index contributed by atoms with van der Waals surface area (Å²) in [6, 6.07) is 26.6. The molecule has 5 heteroatoms. The topological polar surface area (TPSA) is 68.8 Å². The highest BCUT2D eigenvalue weighted by atomic mass is 16.5. The summed E-state index contributed by atoms with van der Waals surface area (Å²) in [5.74, 6) is 0.308. The molecule has 0 amide bonds. The second-order valence-electron chi connectivity index (χ2n) is 6.85. The molecule has 0 aliphatic carbocycles. The zero-order valence-corrected chi connectivity index (χ0v) is 16.1. The zero-order valence-electron chi connectivity index (χ0n) is 16.1. The Hall–Kier alpha value is -3.78. The zero-order chi connectivity index (χ0) is 20.2. The van der Waals surface area contributed by atoms with E-state index in [0.29, 0.717) is 17.7 Å². The third-order valence-electron chi connectivity index (χ3n) is 5.17. The number of phenols is 1. The molecule has 0 aromatic heterocycles. The van der Waals surface area contributed by atoms with E-state index in [0.717, 1.165) is 16.8 Å². The Morgan fingerprint density at radius 1 is 1.03 bits per heavy atom. The van der Waals surface area contributed by atoms with Gasteiger partial charge in [-0.15, -0.1) is 0 Å². The monoisotopic (exact) mass is 383 g/mol. The Balaban J connectivity index is 1.80. The van der Waals surface area contributed by atoms with E-state index in [1.54, 1.807) is 23.2 Å². The molecular formula is C24H21N3O2. The van der Waals surface area contributed by atoms with Gasteiger partial charge >= 0.3 is 0 Å². The van der Waals surface area contributed by atoms with Crippen LogP contribution in [0.25, 0.3) is 0 Å². The lowest BCUT2D eigenvalue weighted by Gasteiger charge is -2.29. The van der Waals surface area contributed by atoms with Crippen LogP contribution in [0.15, 0.2) is 84.0 Å². The molecule has 3 aromatic carbocycles. The molecule has 0 bridgehead atoms. The first-order valence-electron chi connectivity index (χ1n) is 9.44. The van der Waals surface area contributed by atoms with E-state index in [1.165, 1.54) is 7.11 Å². The molecule has 0 radical (unpaired) electrons. The molecular weight excluding hydrogens is 362 g/mol. The van der Waals surface area contributed by atoms with Gasteiger partial charge in [0.25, 0.3) is 0 Å². The SMILES string of the molecule is COc1cccc(C(C#N)N2N=C(c3ccccc3)CC2c2ccccc2)c1O. The van der Waals surface area contributed by atoms with E-state index in [1.807, 2.05) is 60.7 Å². The molecule has 5 nitrogen and oxygen atoms in total. The summed E-state index contributed by atoms with van der Waals surface area (Å²) < 4.78 is 5.23. The number of aromatic hydroxyl groups is 1. The van der Waals surface area contributed by atoms with Crippen LogP contribution >= 0.6 is 0 Å². The van der Waals surface area contributed by atoms with Crippen LogP contribution in [-0.2, 0) is 0 Å². The summed E-state index contributed by atoms with van der Waals surface area (Å²) in [4.78, 5) is 0. The molecule has 0 fully saturated rings. The van der Waals surface area contributed by atoms with Crippen LogP contribution in [0.2, 0.25) is 0 Å². The number of nitriles is 1. The molecule has 144 valence electrons. The largest absolute Gasteiger partial charge is 0.504 e. The van der Waals surface area contributed by atoms with Gasteiger partial charge in [0.2, 0.25) is 0 Å². The molecule has 1 N–H and O–H groups in total. The van der Waals surface area contributed by atoms with Crippen molar-refractivity contribution < 1.29 is 9.84 Å². The maximum absolute atomic E-state index is 10.6. The fourth-order valence-electron chi connectivity index (χ4n) is 3.71. The van der Waals surface area contributed by atoms with Crippen molar-refractivity contribution in [3.05, 3.63) is 95.6 Å². The van der Waals surface area contributed by atoms with Crippen molar-refractivity contribution in [2.24, 2.45) is 5.10 Å². The van der Waals surface area contributed by atoms with E-state index in [2.05, 4.69) is 6.07 Å². The molecule has 2 unspecified atom stereocenters. The summed E-state index contributed by atoms with van der Waals surface area (Å²) in [5.41, 5.74) is 3.50. The first-order chi connectivity index (χ1) is 14.2. The Morgan fingerprint density at radius 2 is 1.72 bits per heavy atom. The number of para-hydroxylation sites is 1. The lowest BCUT2D eigenvalue weighted by molar-refractivity contribution is 0.193. The third-order valence-corrected chi connectivity index (χ3v) is 5.17. The van der Waals surface area contributed by atoms with Crippen molar-refractivity contribution in [1.29, 1.82) is 5.26 Å². The minimum Gasteiger partial charge on any atom is -0.504 e. The number of phenolic OH excluding ortho intramolecular Hbond substituents is 1. The Labute approximate surface area is 170 Å². The minimum atomic E-state index is -0.753. The van der Waals surface area contributed by atoms with Crippen LogP contribution in [-0.4, -0.2) is 22.9 Å². The second kappa shape index (κ2) is 8.07. The summed E-state index contributed by atoms with van der Waals surface area (Å²) in [6.07, 6.45) is 0.678. The van der Waals surface area contributed by atoms with Crippen molar-refractivity contribution >= 4 is 5.71 Å². The smallest absolute Gasteiger partial charge is 0.164 e. The fraction of sp³-hybridized carbons (Fsp3) is 0.167. The summed E-state index contributed by atoms with van der Waals surface area (Å²) in [5, 5.41) is 27.3. The summed E-state index contributed by atoms with van der Waals surface area (Å²) in [7, 11) is 1.49. The van der Waals surface area contributed by atoms with Gasteiger partial charge in [-0.2, -0.15) is 10.4 Å². The summed E-state index contributed by atoms with van der Waals surface area (Å²) >= 11 is 0. The van der Waals surface area contributed by atoms with Crippen molar-refractivity contribution in [3.63, 3.8) is 0 Å². The normalized spacial score (nSPS) is 16.8. The van der Waals surface area contributed by atoms with Crippen molar-refractivity contribution in [2.75, 3.05) is 7.11 Å². The van der Waals surface area contributed by atoms with Crippen molar-refractivity contribution in [3.8, 4) is 17.6 Å². The highest BCUT2D eigenvalue weighted by molar-refractivity contribution is 6.01. The standard InChI is InChI=1S/C24H21N3O2/c1-29-23-14-8-13-19(24(23)28)22(16-25)27-21(18-11-6-3-7-12-18)15-20(26-27)17-9-4-2-5-10-17/h2-14,21-22,28H,15H2,1H3. The van der Waals surface area contributed by atoms with E-state index >= 15 is 0 Å². The van der Waals surface area contributed by atoms with E-state index < -0.39 is 6.04 Å². The van der Waals surface area contributed by atoms with Crippen LogP contribution in [0.3, 0.4) is 0 Å². The van der Waals surface area contributed by atoms with Gasteiger partial charge in [0.15, 0.2) is 17.5 Å². The fourth-order valence-corrected chi connectivity index (χ4v) is 3.71. The maximum Gasteiger partial charge on any atom is 0.164 e. The molecule has 0 saturated carbocycles. The van der Waals surface area contributed by atoms with Crippen molar-refractivity contribution in [1.82, 2.24) is 5.01 Å².